The number of aromatic nitrogens is 4. The van der Waals surface area contributed by atoms with Crippen LogP contribution in [-0.2, 0) is 21.9 Å². The molecule has 0 unspecified atom stereocenters. The Kier molecular flexibility index (Phi) is 7.60. The molecule has 2 aromatic heterocycles. The maximum absolute atomic E-state index is 11.5. The number of anilines is 4. The number of alkyl halides is 3. The molecule has 0 spiro atoms. The summed E-state index contributed by atoms with van der Waals surface area (Å²) in [6.07, 6.45) is -3.49. The number of halogens is 3. The number of nitrogens with one attached hydrogen (secondary N) is 2. The highest BCUT2D eigenvalue weighted by molar-refractivity contribution is 7.89. The predicted molar refractivity (Wildman–Crippen MR) is 113 cm³/mol. The first kappa shape index (κ1) is 25.5. The lowest BCUT2D eigenvalue weighted by Crippen LogP contribution is -2.21. The van der Waals surface area contributed by atoms with Gasteiger partial charge in [-0.3, -0.25) is 4.68 Å². The van der Waals surface area contributed by atoms with Crippen molar-refractivity contribution in [2.45, 2.75) is 24.9 Å². The fourth-order valence-corrected chi connectivity index (χ4v) is 2.99. The first-order valence-electron chi connectivity index (χ1n) is 8.98. The van der Waals surface area contributed by atoms with Gasteiger partial charge in [-0.15, -0.1) is 0 Å². The molecular formula is C18H20F3N7O4S. The Morgan fingerprint density at radius 2 is 1.82 bits per heavy atom. The molecule has 0 saturated carbocycles. The molecule has 3 rings (SSSR count). The lowest BCUT2D eigenvalue weighted by atomic mass is 10.3. The van der Waals surface area contributed by atoms with Gasteiger partial charge in [0.25, 0.3) is 0 Å². The molecule has 3 aromatic rings. The first-order chi connectivity index (χ1) is 15.2. The van der Waals surface area contributed by atoms with E-state index in [1.807, 2.05) is 20.9 Å². The van der Waals surface area contributed by atoms with Gasteiger partial charge in [-0.05, 0) is 38.1 Å². The van der Waals surface area contributed by atoms with Gasteiger partial charge >= 0.3 is 12.1 Å². The molecule has 0 saturated heterocycles. The van der Waals surface area contributed by atoms with Crippen molar-refractivity contribution in [2.24, 2.45) is 12.2 Å². The number of hydrogen-bond acceptors (Lipinski definition) is 8. The van der Waals surface area contributed by atoms with Gasteiger partial charge in [0.1, 0.15) is 11.6 Å². The molecule has 0 aliphatic carbocycles. The van der Waals surface area contributed by atoms with E-state index in [-0.39, 0.29) is 4.90 Å². The third-order valence-electron chi connectivity index (χ3n) is 4.08. The number of hydrogen-bond donors (Lipinski definition) is 4. The molecule has 1 aromatic carbocycles. The highest BCUT2D eigenvalue weighted by Gasteiger charge is 2.38. The van der Waals surface area contributed by atoms with Gasteiger partial charge in [-0.1, -0.05) is 6.07 Å². The van der Waals surface area contributed by atoms with Crippen molar-refractivity contribution in [1.82, 2.24) is 19.7 Å². The number of primary sulfonamides is 1. The predicted octanol–water partition coefficient (Wildman–Crippen LogP) is 2.59. The van der Waals surface area contributed by atoms with Crippen molar-refractivity contribution in [3.8, 4) is 0 Å². The highest BCUT2D eigenvalue weighted by Crippen LogP contribution is 2.22. The number of sulfonamides is 1. The summed E-state index contributed by atoms with van der Waals surface area (Å²) in [5.74, 6) is -1.02. The molecule has 15 heteroatoms. The third-order valence-corrected chi connectivity index (χ3v) is 5.00. The fraction of sp³-hybridized carbons (Fsp3) is 0.222. The van der Waals surface area contributed by atoms with Crippen LogP contribution in [0.2, 0.25) is 0 Å². The fourth-order valence-electron chi connectivity index (χ4n) is 2.43. The monoisotopic (exact) mass is 487 g/mol. The second-order valence-electron chi connectivity index (χ2n) is 6.57. The van der Waals surface area contributed by atoms with Gasteiger partial charge < -0.3 is 15.7 Å². The number of benzene rings is 1. The zero-order valence-corrected chi connectivity index (χ0v) is 18.4. The van der Waals surface area contributed by atoms with E-state index in [4.69, 9.17) is 15.0 Å². The molecule has 0 aliphatic heterocycles. The molecule has 0 fully saturated rings. The minimum atomic E-state index is -5.08. The van der Waals surface area contributed by atoms with E-state index < -0.39 is 22.2 Å². The zero-order chi connectivity index (χ0) is 25.0. The Bertz CT molecular complexity index is 1260. The van der Waals surface area contributed by atoms with Crippen molar-refractivity contribution in [1.29, 1.82) is 0 Å². The second-order valence-corrected chi connectivity index (χ2v) is 8.14. The van der Waals surface area contributed by atoms with E-state index in [0.29, 0.717) is 17.5 Å². The average molecular weight is 487 g/mol. The number of nitrogens with zero attached hydrogens (tertiary/aromatic N) is 4. The Hall–Kier alpha value is -3.72. The lowest BCUT2D eigenvalue weighted by Gasteiger charge is -2.10. The van der Waals surface area contributed by atoms with Gasteiger partial charge in [-0.2, -0.15) is 23.3 Å². The number of carbonyl (C=O) groups is 1. The van der Waals surface area contributed by atoms with Crippen molar-refractivity contribution in [2.75, 3.05) is 10.6 Å². The molecular weight excluding hydrogens is 467 g/mol. The van der Waals surface area contributed by atoms with Crippen LogP contribution >= 0.6 is 0 Å². The summed E-state index contributed by atoms with van der Waals surface area (Å²) in [5, 5.41) is 22.8. The Balaban J connectivity index is 0.000000479. The van der Waals surface area contributed by atoms with Crippen molar-refractivity contribution < 1.29 is 31.5 Å². The van der Waals surface area contributed by atoms with Crippen LogP contribution in [0.15, 0.2) is 41.4 Å². The normalized spacial score (nSPS) is 11.4. The summed E-state index contributed by atoms with van der Waals surface area (Å²) in [6.45, 7) is 3.91. The van der Waals surface area contributed by atoms with Gasteiger partial charge in [0.2, 0.25) is 16.0 Å². The van der Waals surface area contributed by atoms with Crippen LogP contribution < -0.4 is 15.8 Å². The zero-order valence-electron chi connectivity index (χ0n) is 17.5. The van der Waals surface area contributed by atoms with Crippen LogP contribution in [0.25, 0.3) is 0 Å². The standard InChI is InChI=1S/C16H19N7O2S.C2HF3O2/c1-10-11(2)22-23(3)15(10)20-14-7-8-18-16(21-14)19-12-5-4-6-13(9-12)26(17,24)25;3-2(4,5)1(6)7/h4-9H,1-3H3,(H2,17,24,25)(H2,18,19,20,21);(H,6,7). The largest absolute Gasteiger partial charge is 0.490 e. The second kappa shape index (κ2) is 9.83. The number of carboxylic acid groups (broad SMARTS) is 1. The van der Waals surface area contributed by atoms with E-state index in [2.05, 4.69) is 25.7 Å². The molecule has 0 bridgehead atoms. The quantitative estimate of drug-likeness (QED) is 0.423. The maximum Gasteiger partial charge on any atom is 0.490 e. The molecule has 0 atom stereocenters. The van der Waals surface area contributed by atoms with Gasteiger partial charge in [0.15, 0.2) is 0 Å². The lowest BCUT2D eigenvalue weighted by molar-refractivity contribution is -0.192. The first-order valence-corrected chi connectivity index (χ1v) is 10.5. The molecule has 33 heavy (non-hydrogen) atoms. The molecule has 5 N–H and O–H groups in total. The van der Waals surface area contributed by atoms with E-state index >= 15 is 0 Å². The number of aliphatic carboxylic acids is 1. The number of carboxylic acids is 1. The Morgan fingerprint density at radius 3 is 2.33 bits per heavy atom. The molecule has 178 valence electrons. The number of nitrogens with two attached hydrogens (primary N) is 1. The SMILES string of the molecule is Cc1nn(C)c(Nc2ccnc(Nc3cccc(S(N)(=O)=O)c3)n2)c1C.O=C(O)C(F)(F)F. The highest BCUT2D eigenvalue weighted by atomic mass is 32.2. The number of aryl methyl sites for hydroxylation is 2. The molecule has 0 aliphatic rings. The Labute approximate surface area is 186 Å². The Morgan fingerprint density at radius 1 is 1.18 bits per heavy atom. The minimum Gasteiger partial charge on any atom is -0.475 e. The topological polar surface area (TPSA) is 165 Å². The molecule has 0 radical (unpaired) electrons. The third kappa shape index (κ3) is 7.15. The van der Waals surface area contributed by atoms with Crippen LogP contribution in [0.3, 0.4) is 0 Å². The van der Waals surface area contributed by atoms with Crippen LogP contribution in [0.4, 0.5) is 36.4 Å². The number of rotatable bonds is 5. The summed E-state index contributed by atoms with van der Waals surface area (Å²) in [7, 11) is -1.93. The molecule has 0 amide bonds. The van der Waals surface area contributed by atoms with Crippen LogP contribution in [0.1, 0.15) is 11.3 Å². The van der Waals surface area contributed by atoms with E-state index in [1.165, 1.54) is 12.1 Å². The summed E-state index contributed by atoms with van der Waals surface area (Å²) in [4.78, 5) is 17.5. The van der Waals surface area contributed by atoms with Crippen molar-refractivity contribution in [3.63, 3.8) is 0 Å². The molecule has 2 heterocycles. The van der Waals surface area contributed by atoms with Gasteiger partial charge in [0, 0.05) is 24.5 Å². The van der Waals surface area contributed by atoms with Gasteiger partial charge in [0.05, 0.1) is 10.6 Å². The summed E-state index contributed by atoms with van der Waals surface area (Å²) < 4.78 is 56.4. The van der Waals surface area contributed by atoms with E-state index in [9.17, 15) is 21.6 Å². The van der Waals surface area contributed by atoms with Crippen molar-refractivity contribution >= 4 is 39.3 Å². The van der Waals surface area contributed by atoms with E-state index in [0.717, 1.165) is 17.1 Å². The van der Waals surface area contributed by atoms with Crippen LogP contribution in [0, 0.1) is 13.8 Å². The van der Waals surface area contributed by atoms with Crippen LogP contribution in [0.5, 0.6) is 0 Å². The van der Waals surface area contributed by atoms with Crippen molar-refractivity contribution in [3.05, 3.63) is 47.8 Å². The minimum absolute atomic E-state index is 0.0118. The maximum atomic E-state index is 11.5. The van der Waals surface area contributed by atoms with Crippen LogP contribution in [-0.4, -0.2) is 45.4 Å². The average Bonchev–Trinajstić information content (AvgIpc) is 2.94. The van der Waals surface area contributed by atoms with E-state index in [1.54, 1.807) is 29.1 Å². The summed E-state index contributed by atoms with van der Waals surface area (Å²) in [6, 6.07) is 7.87. The van der Waals surface area contributed by atoms with Gasteiger partial charge in [-0.25, -0.2) is 23.3 Å². The molecule has 11 nitrogen and oxygen atoms in total. The summed E-state index contributed by atoms with van der Waals surface area (Å²) in [5.41, 5.74) is 2.48. The summed E-state index contributed by atoms with van der Waals surface area (Å²) >= 11 is 0. The smallest absolute Gasteiger partial charge is 0.475 e.